The summed E-state index contributed by atoms with van der Waals surface area (Å²) in [6.07, 6.45) is 0.899. The van der Waals surface area contributed by atoms with Gasteiger partial charge in [0.15, 0.2) is 9.84 Å². The summed E-state index contributed by atoms with van der Waals surface area (Å²) < 4.78 is 32.6. The van der Waals surface area contributed by atoms with Crippen molar-refractivity contribution in [3.63, 3.8) is 0 Å². The van der Waals surface area contributed by atoms with Crippen molar-refractivity contribution >= 4 is 27.2 Å². The highest BCUT2D eigenvalue weighted by molar-refractivity contribution is 7.91. The Hall–Kier alpha value is -0.400. The lowest BCUT2D eigenvalue weighted by atomic mass is 10.1. The van der Waals surface area contributed by atoms with Crippen molar-refractivity contribution in [2.24, 2.45) is 5.92 Å². The average Bonchev–Trinajstić information content (AvgIpc) is 2.97. The van der Waals surface area contributed by atoms with E-state index in [-0.39, 0.29) is 17.8 Å². The van der Waals surface area contributed by atoms with Crippen LogP contribution in [-0.2, 0) is 19.3 Å². The van der Waals surface area contributed by atoms with Crippen molar-refractivity contribution < 1.29 is 17.9 Å². The van der Waals surface area contributed by atoms with Crippen LogP contribution in [0.5, 0.6) is 0 Å². The summed E-state index contributed by atoms with van der Waals surface area (Å²) in [6, 6.07) is 0. The Morgan fingerprint density at radius 1 is 1.56 bits per heavy atom. The van der Waals surface area contributed by atoms with Crippen LogP contribution in [-0.4, -0.2) is 51.0 Å². The number of nitrogens with one attached hydrogen (secondary N) is 1. The van der Waals surface area contributed by atoms with E-state index >= 15 is 0 Å². The molecule has 0 bridgehead atoms. The molecule has 2 heterocycles. The van der Waals surface area contributed by atoms with Gasteiger partial charge < -0.3 is 14.8 Å². The van der Waals surface area contributed by atoms with E-state index in [1.807, 2.05) is 0 Å². The SMILES string of the molecule is O=S1(=O)CC[C@@H](CNC(=S)OC[C@H]2CO2)C1. The summed E-state index contributed by atoms with van der Waals surface area (Å²) in [5, 5.41) is 3.27. The zero-order chi connectivity index (χ0) is 11.6. The maximum absolute atomic E-state index is 11.2. The van der Waals surface area contributed by atoms with Gasteiger partial charge in [-0.15, -0.1) is 0 Å². The first-order valence-electron chi connectivity index (χ1n) is 5.28. The molecule has 1 N–H and O–H groups in total. The lowest BCUT2D eigenvalue weighted by Crippen LogP contribution is -2.31. The smallest absolute Gasteiger partial charge is 0.256 e. The topological polar surface area (TPSA) is 67.9 Å². The Bertz CT molecular complexity index is 364. The number of hydrogen-bond acceptors (Lipinski definition) is 5. The van der Waals surface area contributed by atoms with E-state index in [0.717, 1.165) is 6.61 Å². The Kier molecular flexibility index (Phi) is 3.66. The molecule has 2 rings (SSSR count). The predicted octanol–water partition coefficient (Wildman–Crippen LogP) is -0.289. The third-order valence-corrected chi connectivity index (χ3v) is 4.76. The van der Waals surface area contributed by atoms with Crippen molar-refractivity contribution in [2.45, 2.75) is 12.5 Å². The molecule has 0 saturated carbocycles. The first kappa shape index (κ1) is 12.1. The number of thiocarbonyl (C=S) groups is 1. The van der Waals surface area contributed by atoms with E-state index in [1.54, 1.807) is 0 Å². The fourth-order valence-corrected chi connectivity index (χ4v) is 3.66. The highest BCUT2D eigenvalue weighted by Gasteiger charge is 2.28. The normalized spacial score (nSPS) is 31.0. The molecule has 92 valence electrons. The van der Waals surface area contributed by atoms with Gasteiger partial charge in [-0.1, -0.05) is 0 Å². The zero-order valence-electron chi connectivity index (χ0n) is 8.85. The molecule has 2 aliphatic heterocycles. The predicted molar refractivity (Wildman–Crippen MR) is 63.1 cm³/mol. The summed E-state index contributed by atoms with van der Waals surface area (Å²) in [7, 11) is -2.80. The Morgan fingerprint density at radius 3 is 2.88 bits per heavy atom. The minimum absolute atomic E-state index is 0.156. The van der Waals surface area contributed by atoms with Crippen LogP contribution in [0.4, 0.5) is 0 Å². The molecule has 0 spiro atoms. The van der Waals surface area contributed by atoms with E-state index in [4.69, 9.17) is 21.7 Å². The molecule has 0 aromatic heterocycles. The first-order valence-corrected chi connectivity index (χ1v) is 7.51. The number of epoxide rings is 1. The van der Waals surface area contributed by atoms with Gasteiger partial charge in [-0.25, -0.2) is 8.42 Å². The largest absolute Gasteiger partial charge is 0.468 e. The van der Waals surface area contributed by atoms with Crippen LogP contribution in [0, 0.1) is 5.92 Å². The molecule has 2 saturated heterocycles. The molecule has 2 aliphatic rings. The molecule has 2 atom stereocenters. The van der Waals surface area contributed by atoms with E-state index in [0.29, 0.717) is 30.5 Å². The molecule has 0 aromatic carbocycles. The van der Waals surface area contributed by atoms with Crippen LogP contribution >= 0.6 is 12.2 Å². The van der Waals surface area contributed by atoms with Gasteiger partial charge in [0.25, 0.3) is 5.17 Å². The molecule has 0 aliphatic carbocycles. The van der Waals surface area contributed by atoms with Gasteiger partial charge in [0, 0.05) is 6.54 Å². The Balaban J connectivity index is 1.61. The highest BCUT2D eigenvalue weighted by Crippen LogP contribution is 2.17. The lowest BCUT2D eigenvalue weighted by molar-refractivity contribution is 0.248. The van der Waals surface area contributed by atoms with E-state index in [1.165, 1.54) is 0 Å². The van der Waals surface area contributed by atoms with Crippen molar-refractivity contribution in [3.8, 4) is 0 Å². The average molecular weight is 265 g/mol. The summed E-state index contributed by atoms with van der Waals surface area (Å²) in [6.45, 7) is 1.79. The van der Waals surface area contributed by atoms with Crippen molar-refractivity contribution in [2.75, 3.05) is 31.3 Å². The molecule has 0 unspecified atom stereocenters. The minimum Gasteiger partial charge on any atom is -0.468 e. The summed E-state index contributed by atoms with van der Waals surface area (Å²) in [5.41, 5.74) is 0. The molecule has 16 heavy (non-hydrogen) atoms. The van der Waals surface area contributed by atoms with Crippen LogP contribution in [0.15, 0.2) is 0 Å². The molecule has 7 heteroatoms. The van der Waals surface area contributed by atoms with E-state index in [9.17, 15) is 8.42 Å². The summed E-state index contributed by atoms with van der Waals surface area (Å²) >= 11 is 4.95. The fraction of sp³-hybridized carbons (Fsp3) is 0.889. The van der Waals surface area contributed by atoms with Crippen LogP contribution in [0.2, 0.25) is 0 Å². The summed E-state index contributed by atoms with van der Waals surface area (Å²) in [5.74, 6) is 0.709. The van der Waals surface area contributed by atoms with Gasteiger partial charge in [0.05, 0.1) is 18.1 Å². The van der Waals surface area contributed by atoms with Gasteiger partial charge in [0.2, 0.25) is 0 Å². The molecule has 0 aromatic rings. The van der Waals surface area contributed by atoms with Gasteiger partial charge >= 0.3 is 0 Å². The van der Waals surface area contributed by atoms with Crippen LogP contribution in [0.25, 0.3) is 0 Å². The van der Waals surface area contributed by atoms with E-state index < -0.39 is 9.84 Å². The Morgan fingerprint density at radius 2 is 2.31 bits per heavy atom. The molecule has 0 radical (unpaired) electrons. The molecule has 2 fully saturated rings. The fourth-order valence-electron chi connectivity index (χ4n) is 1.64. The van der Waals surface area contributed by atoms with Gasteiger partial charge in [-0.2, -0.15) is 0 Å². The minimum atomic E-state index is -2.80. The highest BCUT2D eigenvalue weighted by atomic mass is 32.2. The number of rotatable bonds is 4. The second-order valence-corrected chi connectivity index (χ2v) is 6.80. The van der Waals surface area contributed by atoms with Crippen molar-refractivity contribution in [3.05, 3.63) is 0 Å². The number of hydrogen-bond donors (Lipinski definition) is 1. The first-order chi connectivity index (χ1) is 7.55. The molecular weight excluding hydrogens is 250 g/mol. The quantitative estimate of drug-likeness (QED) is 0.556. The van der Waals surface area contributed by atoms with Crippen molar-refractivity contribution in [1.29, 1.82) is 0 Å². The maximum Gasteiger partial charge on any atom is 0.256 e. The van der Waals surface area contributed by atoms with Gasteiger partial charge in [-0.05, 0) is 24.6 Å². The Labute approximate surface area is 100 Å². The second-order valence-electron chi connectivity index (χ2n) is 4.20. The van der Waals surface area contributed by atoms with E-state index in [2.05, 4.69) is 5.32 Å². The van der Waals surface area contributed by atoms with Crippen LogP contribution in [0.3, 0.4) is 0 Å². The maximum atomic E-state index is 11.2. The molecular formula is C9H15NO4S2. The van der Waals surface area contributed by atoms with Crippen molar-refractivity contribution in [1.82, 2.24) is 5.32 Å². The molecule has 5 nitrogen and oxygen atoms in total. The molecule has 0 amide bonds. The van der Waals surface area contributed by atoms with Gasteiger partial charge in [0.1, 0.15) is 12.7 Å². The second kappa shape index (κ2) is 4.85. The van der Waals surface area contributed by atoms with Gasteiger partial charge in [-0.3, -0.25) is 0 Å². The third kappa shape index (κ3) is 3.88. The zero-order valence-corrected chi connectivity index (χ0v) is 10.5. The monoisotopic (exact) mass is 265 g/mol. The number of sulfone groups is 1. The third-order valence-electron chi connectivity index (χ3n) is 2.66. The standard InChI is InChI=1S/C9H15NO4S2/c11-16(12)2-1-7(6-16)3-10-9(15)14-5-8-4-13-8/h7-8H,1-6H2,(H,10,15)/t7-,8+/m0/s1. The number of ether oxygens (including phenoxy) is 2. The van der Waals surface area contributed by atoms with Crippen LogP contribution in [0.1, 0.15) is 6.42 Å². The summed E-state index contributed by atoms with van der Waals surface area (Å²) in [4.78, 5) is 0. The lowest BCUT2D eigenvalue weighted by Gasteiger charge is -2.11. The van der Waals surface area contributed by atoms with Crippen LogP contribution < -0.4 is 5.32 Å².